The summed E-state index contributed by atoms with van der Waals surface area (Å²) in [6.07, 6.45) is 4.53. The molecular weight excluding hydrogens is 134 g/mol. The second-order valence-corrected chi connectivity index (χ2v) is 3.58. The predicted octanol–water partition coefficient (Wildman–Crippen LogP) is 2.25. The Bertz CT molecular complexity index is 191. The summed E-state index contributed by atoms with van der Waals surface area (Å²) in [6, 6.07) is 0.209. The van der Waals surface area contributed by atoms with Crippen LogP contribution in [0.1, 0.15) is 26.7 Å². The Morgan fingerprint density at radius 1 is 1.73 bits per heavy atom. The Morgan fingerprint density at radius 2 is 2.36 bits per heavy atom. The maximum atomic E-state index is 5.93. The lowest BCUT2D eigenvalue weighted by atomic mass is 9.83. The van der Waals surface area contributed by atoms with Gasteiger partial charge in [-0.15, -0.1) is 0 Å². The third-order valence-electron chi connectivity index (χ3n) is 2.42. The topological polar surface area (TPSA) is 26.0 Å². The Labute approximate surface area is 69.0 Å². The molecule has 0 aromatic carbocycles. The summed E-state index contributed by atoms with van der Waals surface area (Å²) in [7, 11) is 0. The molecule has 0 unspecified atom stereocenters. The van der Waals surface area contributed by atoms with E-state index in [-0.39, 0.29) is 6.04 Å². The largest absolute Gasteiger partial charge is 0.324 e. The van der Waals surface area contributed by atoms with Gasteiger partial charge in [0.2, 0.25) is 0 Å². The monoisotopic (exact) mass is 151 g/mol. The van der Waals surface area contributed by atoms with E-state index in [1.165, 1.54) is 24.0 Å². The lowest BCUT2D eigenvalue weighted by Gasteiger charge is -2.26. The van der Waals surface area contributed by atoms with E-state index in [9.17, 15) is 0 Å². The van der Waals surface area contributed by atoms with Crippen LogP contribution >= 0.6 is 0 Å². The molecule has 0 radical (unpaired) electrons. The van der Waals surface area contributed by atoms with Crippen LogP contribution in [0, 0.1) is 5.92 Å². The maximum absolute atomic E-state index is 5.93. The van der Waals surface area contributed by atoms with Gasteiger partial charge in [-0.1, -0.05) is 23.8 Å². The molecule has 0 heterocycles. The summed E-state index contributed by atoms with van der Waals surface area (Å²) in [5, 5.41) is 0. The average Bonchev–Trinajstić information content (AvgIpc) is 1.85. The first kappa shape index (κ1) is 8.54. The minimum absolute atomic E-state index is 0.209. The zero-order valence-electron chi connectivity index (χ0n) is 7.43. The van der Waals surface area contributed by atoms with Crippen molar-refractivity contribution in [2.45, 2.75) is 32.7 Å². The third kappa shape index (κ3) is 1.93. The average molecular weight is 151 g/mol. The minimum Gasteiger partial charge on any atom is -0.324 e. The van der Waals surface area contributed by atoms with Gasteiger partial charge in [0, 0.05) is 6.04 Å². The molecule has 0 spiro atoms. The van der Waals surface area contributed by atoms with E-state index < -0.39 is 0 Å². The van der Waals surface area contributed by atoms with Crippen molar-refractivity contribution in [3.8, 4) is 0 Å². The number of rotatable bonds is 1. The highest BCUT2D eigenvalue weighted by Crippen LogP contribution is 2.26. The lowest BCUT2D eigenvalue weighted by Crippen LogP contribution is -2.31. The Kier molecular flexibility index (Phi) is 2.50. The van der Waals surface area contributed by atoms with Crippen molar-refractivity contribution in [1.29, 1.82) is 0 Å². The fourth-order valence-corrected chi connectivity index (χ4v) is 1.68. The van der Waals surface area contributed by atoms with Gasteiger partial charge >= 0.3 is 0 Å². The summed E-state index contributed by atoms with van der Waals surface area (Å²) in [5.41, 5.74) is 8.58. The first-order valence-electron chi connectivity index (χ1n) is 4.19. The van der Waals surface area contributed by atoms with Crippen LogP contribution in [0.5, 0.6) is 0 Å². The van der Waals surface area contributed by atoms with Crippen LogP contribution in [-0.2, 0) is 0 Å². The van der Waals surface area contributed by atoms with Crippen molar-refractivity contribution in [3.63, 3.8) is 0 Å². The molecule has 0 amide bonds. The highest BCUT2D eigenvalue weighted by Gasteiger charge is 2.20. The molecule has 0 aromatic rings. The zero-order valence-corrected chi connectivity index (χ0v) is 7.43. The SMILES string of the molecule is C=C(C)[C@@H]1CCC(C)=C[C@H]1N. The van der Waals surface area contributed by atoms with E-state index in [1.807, 2.05) is 0 Å². The standard InChI is InChI=1S/C10H17N/c1-7(2)9-5-4-8(3)6-10(9)11/h6,9-10H,1,4-5,11H2,2-3H3/t9-,10+/m0/s1. The molecule has 1 aliphatic carbocycles. The van der Waals surface area contributed by atoms with Crippen LogP contribution in [0.25, 0.3) is 0 Å². The molecule has 2 N–H and O–H groups in total. The van der Waals surface area contributed by atoms with E-state index in [0.29, 0.717) is 5.92 Å². The van der Waals surface area contributed by atoms with Crippen LogP contribution in [0.3, 0.4) is 0 Å². The van der Waals surface area contributed by atoms with E-state index in [1.54, 1.807) is 0 Å². The number of hydrogen-bond acceptors (Lipinski definition) is 1. The van der Waals surface area contributed by atoms with E-state index in [4.69, 9.17) is 5.73 Å². The Morgan fingerprint density at radius 3 is 2.82 bits per heavy atom. The summed E-state index contributed by atoms with van der Waals surface area (Å²) >= 11 is 0. The predicted molar refractivity (Wildman–Crippen MR) is 49.3 cm³/mol. The zero-order chi connectivity index (χ0) is 8.43. The number of nitrogens with two attached hydrogens (primary N) is 1. The third-order valence-corrected chi connectivity index (χ3v) is 2.42. The number of allylic oxidation sites excluding steroid dienone is 1. The summed E-state index contributed by atoms with van der Waals surface area (Å²) in [5.74, 6) is 0.513. The van der Waals surface area contributed by atoms with Crippen LogP contribution < -0.4 is 5.73 Å². The van der Waals surface area contributed by atoms with Crippen molar-refractivity contribution in [1.82, 2.24) is 0 Å². The molecule has 1 rings (SSSR count). The highest BCUT2D eigenvalue weighted by molar-refractivity contribution is 5.16. The molecular formula is C10H17N. The van der Waals surface area contributed by atoms with Gasteiger partial charge in [0.05, 0.1) is 0 Å². The maximum Gasteiger partial charge on any atom is 0.0292 e. The molecule has 0 aromatic heterocycles. The molecule has 1 aliphatic rings. The van der Waals surface area contributed by atoms with Gasteiger partial charge in [0.15, 0.2) is 0 Å². The normalized spacial score (nSPS) is 31.4. The number of hydrogen-bond donors (Lipinski definition) is 1. The van der Waals surface area contributed by atoms with Crippen molar-refractivity contribution >= 4 is 0 Å². The van der Waals surface area contributed by atoms with Gasteiger partial charge in [-0.25, -0.2) is 0 Å². The van der Waals surface area contributed by atoms with Crippen LogP contribution in [-0.4, -0.2) is 6.04 Å². The van der Waals surface area contributed by atoms with Crippen molar-refractivity contribution in [2.75, 3.05) is 0 Å². The smallest absolute Gasteiger partial charge is 0.0292 e. The Balaban J connectivity index is 2.68. The fraction of sp³-hybridized carbons (Fsp3) is 0.600. The molecule has 11 heavy (non-hydrogen) atoms. The quantitative estimate of drug-likeness (QED) is 0.571. The summed E-state index contributed by atoms with van der Waals surface area (Å²) in [6.45, 7) is 8.16. The molecule has 1 heteroatoms. The van der Waals surface area contributed by atoms with Gasteiger partial charge in [-0.3, -0.25) is 0 Å². The molecule has 0 saturated carbocycles. The van der Waals surface area contributed by atoms with E-state index >= 15 is 0 Å². The van der Waals surface area contributed by atoms with Gasteiger partial charge in [-0.05, 0) is 32.6 Å². The molecule has 0 bridgehead atoms. The Hall–Kier alpha value is -0.560. The molecule has 0 fully saturated rings. The first-order valence-corrected chi connectivity index (χ1v) is 4.19. The van der Waals surface area contributed by atoms with Crippen molar-refractivity contribution in [2.24, 2.45) is 11.7 Å². The molecule has 2 atom stereocenters. The molecule has 0 saturated heterocycles. The van der Waals surface area contributed by atoms with Crippen molar-refractivity contribution < 1.29 is 0 Å². The molecule has 1 nitrogen and oxygen atoms in total. The molecule has 0 aliphatic heterocycles. The van der Waals surface area contributed by atoms with Gasteiger partial charge in [0.1, 0.15) is 0 Å². The van der Waals surface area contributed by atoms with Gasteiger partial charge in [0.25, 0.3) is 0 Å². The second kappa shape index (κ2) is 3.22. The van der Waals surface area contributed by atoms with Crippen LogP contribution in [0.4, 0.5) is 0 Å². The van der Waals surface area contributed by atoms with Gasteiger partial charge < -0.3 is 5.73 Å². The van der Waals surface area contributed by atoms with Crippen LogP contribution in [0.2, 0.25) is 0 Å². The van der Waals surface area contributed by atoms with Crippen LogP contribution in [0.15, 0.2) is 23.8 Å². The van der Waals surface area contributed by atoms with E-state index in [2.05, 4.69) is 26.5 Å². The first-order chi connectivity index (χ1) is 5.11. The highest BCUT2D eigenvalue weighted by atomic mass is 14.6. The molecule has 62 valence electrons. The lowest BCUT2D eigenvalue weighted by molar-refractivity contribution is 0.480. The van der Waals surface area contributed by atoms with Crippen molar-refractivity contribution in [3.05, 3.63) is 23.8 Å². The second-order valence-electron chi connectivity index (χ2n) is 3.58. The fourth-order valence-electron chi connectivity index (χ4n) is 1.68. The summed E-state index contributed by atoms with van der Waals surface area (Å²) in [4.78, 5) is 0. The minimum atomic E-state index is 0.209. The summed E-state index contributed by atoms with van der Waals surface area (Å²) < 4.78 is 0. The van der Waals surface area contributed by atoms with E-state index in [0.717, 1.165) is 0 Å². The van der Waals surface area contributed by atoms with Gasteiger partial charge in [-0.2, -0.15) is 0 Å².